The highest BCUT2D eigenvalue weighted by molar-refractivity contribution is 7.92. The number of rotatable bonds is 10. The molecule has 9 nitrogen and oxygen atoms in total. The average molecular weight is 635 g/mol. The van der Waals surface area contributed by atoms with E-state index in [0.29, 0.717) is 29.6 Å². The van der Waals surface area contributed by atoms with Crippen molar-refractivity contribution < 1.29 is 30.7 Å². The van der Waals surface area contributed by atoms with Crippen molar-refractivity contribution in [1.29, 1.82) is 0 Å². The van der Waals surface area contributed by atoms with Crippen LogP contribution in [0.25, 0.3) is 22.2 Å². The van der Waals surface area contributed by atoms with Gasteiger partial charge in [-0.05, 0) is 69.2 Å². The fourth-order valence-electron chi connectivity index (χ4n) is 5.75. The Morgan fingerprint density at radius 2 is 1.80 bits per heavy atom. The molecular formula is C30H34F4N6O3S. The summed E-state index contributed by atoms with van der Waals surface area (Å²) in [7, 11) is -3.13. The predicted octanol–water partition coefficient (Wildman–Crippen LogP) is 5.88. The molecule has 1 saturated carbocycles. The number of anilines is 2. The third-order valence-corrected chi connectivity index (χ3v) is 9.32. The zero-order valence-electron chi connectivity index (χ0n) is 24.5. The van der Waals surface area contributed by atoms with Crippen molar-refractivity contribution in [3.8, 4) is 11.3 Å². The van der Waals surface area contributed by atoms with Crippen molar-refractivity contribution in [3.05, 3.63) is 65.4 Å². The Labute approximate surface area is 252 Å². The van der Waals surface area contributed by atoms with Crippen LogP contribution in [0.3, 0.4) is 0 Å². The monoisotopic (exact) mass is 634 g/mol. The van der Waals surface area contributed by atoms with Crippen molar-refractivity contribution in [3.63, 3.8) is 0 Å². The maximum atomic E-state index is 15.7. The van der Waals surface area contributed by atoms with Gasteiger partial charge in [0, 0.05) is 43.6 Å². The van der Waals surface area contributed by atoms with Crippen LogP contribution in [0.4, 0.5) is 29.1 Å². The van der Waals surface area contributed by atoms with Gasteiger partial charge < -0.3 is 15.8 Å². The summed E-state index contributed by atoms with van der Waals surface area (Å²) in [6.45, 7) is 5.22. The average Bonchev–Trinajstić information content (AvgIpc) is 3.39. The van der Waals surface area contributed by atoms with Gasteiger partial charge in [-0.3, -0.25) is 9.40 Å². The topological polar surface area (TPSA) is 124 Å². The van der Waals surface area contributed by atoms with Gasteiger partial charge in [0.15, 0.2) is 11.6 Å². The van der Waals surface area contributed by atoms with E-state index in [2.05, 4.69) is 15.4 Å². The Morgan fingerprint density at radius 3 is 2.48 bits per heavy atom. The Kier molecular flexibility index (Phi) is 9.14. The van der Waals surface area contributed by atoms with Gasteiger partial charge in [-0.2, -0.15) is 5.10 Å². The van der Waals surface area contributed by atoms with E-state index in [1.807, 2.05) is 18.6 Å². The first-order valence-electron chi connectivity index (χ1n) is 14.3. The molecular weight excluding hydrogens is 600 g/mol. The number of fused-ring (bicyclic) bond motifs is 1. The van der Waals surface area contributed by atoms with E-state index in [9.17, 15) is 17.2 Å². The molecule has 2 heterocycles. The number of methoxy groups -OCH3 is 1. The lowest BCUT2D eigenvalue weighted by atomic mass is 9.81. The maximum Gasteiger partial charge on any atom is 0.265 e. The number of benzene rings is 2. The molecule has 236 valence electrons. The van der Waals surface area contributed by atoms with Crippen LogP contribution in [-0.2, 0) is 14.8 Å². The number of sulfonamides is 1. The Hall–Kier alpha value is -3.75. The number of pyridine rings is 1. The quantitative estimate of drug-likeness (QED) is 0.147. The lowest BCUT2D eigenvalue weighted by Crippen LogP contribution is -2.34. The summed E-state index contributed by atoms with van der Waals surface area (Å²) in [5, 5.41) is 8.52. The van der Waals surface area contributed by atoms with E-state index in [0.717, 1.165) is 62.1 Å². The van der Waals surface area contributed by atoms with Crippen molar-refractivity contribution in [2.45, 2.75) is 62.4 Å². The molecule has 2 aromatic heterocycles. The van der Waals surface area contributed by atoms with E-state index >= 15 is 8.78 Å². The molecule has 0 radical (unpaired) electrons. The first-order chi connectivity index (χ1) is 20.9. The molecule has 5 rings (SSSR count). The summed E-state index contributed by atoms with van der Waals surface area (Å²) < 4.78 is 92.9. The highest BCUT2D eigenvalue weighted by atomic mass is 32.2. The summed E-state index contributed by atoms with van der Waals surface area (Å²) in [5.74, 6) is -4.97. The molecule has 0 unspecified atom stereocenters. The van der Waals surface area contributed by atoms with E-state index in [-0.39, 0.29) is 29.0 Å². The van der Waals surface area contributed by atoms with Crippen LogP contribution in [0.5, 0.6) is 0 Å². The number of nitrogens with one attached hydrogen (secondary N) is 2. The number of nitrogens with zero attached hydrogens (tertiary/aromatic N) is 3. The van der Waals surface area contributed by atoms with Crippen molar-refractivity contribution in [1.82, 2.24) is 20.1 Å². The first-order valence-corrected chi connectivity index (χ1v) is 15.8. The minimum Gasteiger partial charge on any atom is -0.383 e. The van der Waals surface area contributed by atoms with Crippen molar-refractivity contribution >= 4 is 32.4 Å². The number of nitrogen functional groups attached to an aromatic ring is 1. The van der Waals surface area contributed by atoms with Crippen molar-refractivity contribution in [2.24, 2.45) is 0 Å². The van der Waals surface area contributed by atoms with Crippen LogP contribution < -0.4 is 15.8 Å². The summed E-state index contributed by atoms with van der Waals surface area (Å²) >= 11 is 0. The minimum atomic E-state index is -4.79. The van der Waals surface area contributed by atoms with Crippen LogP contribution in [0.15, 0.2) is 41.4 Å². The van der Waals surface area contributed by atoms with Gasteiger partial charge in [0.25, 0.3) is 10.0 Å². The van der Waals surface area contributed by atoms with Crippen LogP contribution in [-0.4, -0.2) is 49.5 Å². The number of aromatic nitrogens is 3. The molecule has 1 fully saturated rings. The molecule has 0 spiro atoms. The molecule has 1 aliphatic carbocycles. The molecule has 4 aromatic rings. The highest BCUT2D eigenvalue weighted by Gasteiger charge is 2.30. The molecule has 14 heteroatoms. The second-order valence-electron chi connectivity index (χ2n) is 11.2. The van der Waals surface area contributed by atoms with E-state index in [1.54, 1.807) is 18.0 Å². The lowest BCUT2D eigenvalue weighted by molar-refractivity contribution is 0.191. The summed E-state index contributed by atoms with van der Waals surface area (Å²) in [5.41, 5.74) is 6.93. The van der Waals surface area contributed by atoms with Gasteiger partial charge in [0.05, 0.1) is 23.2 Å². The third kappa shape index (κ3) is 6.10. The minimum absolute atomic E-state index is 0.0532. The third-order valence-electron chi connectivity index (χ3n) is 7.94. The van der Waals surface area contributed by atoms with E-state index < -0.39 is 43.9 Å². The zero-order chi connectivity index (χ0) is 31.8. The first kappa shape index (κ1) is 31.7. The molecule has 0 saturated heterocycles. The number of hydrogen-bond acceptors (Lipinski definition) is 7. The van der Waals surface area contributed by atoms with Gasteiger partial charge in [0.2, 0.25) is 0 Å². The number of hydrogen-bond donors (Lipinski definition) is 3. The summed E-state index contributed by atoms with van der Waals surface area (Å²) in [4.78, 5) is 3.36. The standard InChI is InChI=1S/C30H34F4N6O3S/c1-16(2)40-29-20(17-7-9-18(10-8-17)36-11-12-43-3)15-37-30(35)26(29)28(38-40)19-13-23(33)24(14-22(19)32)39-44(41,42)25-6-4-5-21(31)27(25)34/h4-6,13-18,36,39H,7-12H2,1-3H3,(H2,35,37)/t17-,18-. The van der Waals surface area contributed by atoms with E-state index in [4.69, 9.17) is 10.5 Å². The SMILES string of the molecule is COCCN[C@H]1CC[C@H](c2cnc(N)c3c(-c4cc(F)c(NS(=O)(=O)c5cccc(F)c5F)cc4F)nn(C(C)C)c32)CC1. The van der Waals surface area contributed by atoms with Crippen LogP contribution in [0.2, 0.25) is 0 Å². The summed E-state index contributed by atoms with van der Waals surface area (Å²) in [6, 6.07) is 4.17. The highest BCUT2D eigenvalue weighted by Crippen LogP contribution is 2.42. The van der Waals surface area contributed by atoms with Crippen LogP contribution in [0, 0.1) is 23.3 Å². The van der Waals surface area contributed by atoms with Gasteiger partial charge in [0.1, 0.15) is 28.0 Å². The van der Waals surface area contributed by atoms with Crippen molar-refractivity contribution in [2.75, 3.05) is 30.7 Å². The lowest BCUT2D eigenvalue weighted by Gasteiger charge is -2.30. The maximum absolute atomic E-state index is 15.7. The van der Waals surface area contributed by atoms with E-state index in [1.165, 1.54) is 0 Å². The van der Waals surface area contributed by atoms with Gasteiger partial charge >= 0.3 is 0 Å². The Morgan fingerprint density at radius 1 is 1.07 bits per heavy atom. The molecule has 4 N–H and O–H groups in total. The van der Waals surface area contributed by atoms with Crippen LogP contribution >= 0.6 is 0 Å². The number of ether oxygens (including phenoxy) is 1. The largest absolute Gasteiger partial charge is 0.383 e. The summed E-state index contributed by atoms with van der Waals surface area (Å²) in [6.07, 6.45) is 5.38. The molecule has 0 amide bonds. The predicted molar refractivity (Wildman–Crippen MR) is 160 cm³/mol. The molecule has 0 atom stereocenters. The second kappa shape index (κ2) is 12.7. The smallest absolute Gasteiger partial charge is 0.265 e. The molecule has 44 heavy (non-hydrogen) atoms. The van der Waals surface area contributed by atoms with Gasteiger partial charge in [-0.25, -0.2) is 31.0 Å². The second-order valence-corrected chi connectivity index (χ2v) is 12.8. The Balaban J connectivity index is 1.52. The molecule has 0 bridgehead atoms. The Bertz CT molecular complexity index is 1790. The fraction of sp³-hybridized carbons (Fsp3) is 0.400. The zero-order valence-corrected chi connectivity index (χ0v) is 25.3. The molecule has 0 aliphatic heterocycles. The molecule has 1 aliphatic rings. The normalized spacial score (nSPS) is 17.5. The number of halogens is 4. The molecule has 2 aromatic carbocycles. The van der Waals surface area contributed by atoms with Crippen LogP contribution in [0.1, 0.15) is 57.1 Å². The fourth-order valence-corrected chi connectivity index (χ4v) is 6.90. The number of nitrogens with two attached hydrogens (primary N) is 1. The van der Waals surface area contributed by atoms with Gasteiger partial charge in [-0.15, -0.1) is 0 Å². The van der Waals surface area contributed by atoms with Gasteiger partial charge in [-0.1, -0.05) is 6.07 Å².